The molecule has 2 heterocycles. The van der Waals surface area contributed by atoms with E-state index in [2.05, 4.69) is 22.1 Å². The lowest BCUT2D eigenvalue weighted by atomic mass is 10.1. The number of piperidine rings is 1. The second-order valence-electron chi connectivity index (χ2n) is 4.64. The lowest BCUT2D eigenvalue weighted by Crippen LogP contribution is -2.33. The highest BCUT2D eigenvalue weighted by Gasteiger charge is 2.10. The number of rotatable bonds is 7. The number of aromatic nitrogens is 1. The highest BCUT2D eigenvalue weighted by Crippen LogP contribution is 2.11. The largest absolute Gasteiger partial charge is 0.449 e. The van der Waals surface area contributed by atoms with E-state index in [1.807, 2.05) is 0 Å². The number of likely N-dealkylation sites (tertiary alicyclic amines) is 1. The standard InChI is InChI=1S/C13H23N3O2/c1-2-14-10-12-11-18-13(15-12)17-9-8-16-6-4-3-5-7-16/h11,14H,2-10H2,1H3. The SMILES string of the molecule is CCNCc1coc(OCCN2CCCCC2)n1. The number of hydrogen-bond acceptors (Lipinski definition) is 5. The van der Waals surface area contributed by atoms with Crippen molar-refractivity contribution in [2.24, 2.45) is 0 Å². The van der Waals surface area contributed by atoms with Crippen molar-refractivity contribution in [3.05, 3.63) is 12.0 Å². The Hall–Kier alpha value is -1.07. The fourth-order valence-electron chi connectivity index (χ4n) is 2.13. The maximum atomic E-state index is 5.52. The number of oxazole rings is 1. The van der Waals surface area contributed by atoms with Gasteiger partial charge >= 0.3 is 6.08 Å². The fourth-order valence-corrected chi connectivity index (χ4v) is 2.13. The molecule has 0 aromatic carbocycles. The fraction of sp³-hybridized carbons (Fsp3) is 0.769. The van der Waals surface area contributed by atoms with Gasteiger partial charge in [-0.2, -0.15) is 4.98 Å². The summed E-state index contributed by atoms with van der Waals surface area (Å²) in [5, 5.41) is 3.20. The molecule has 1 aliphatic rings. The molecule has 1 N–H and O–H groups in total. The molecule has 0 aliphatic carbocycles. The molecule has 2 rings (SSSR count). The van der Waals surface area contributed by atoms with Crippen LogP contribution in [-0.4, -0.2) is 42.7 Å². The average molecular weight is 253 g/mol. The normalized spacial score (nSPS) is 16.9. The molecule has 0 amide bonds. The third kappa shape index (κ3) is 4.31. The van der Waals surface area contributed by atoms with E-state index in [9.17, 15) is 0 Å². The van der Waals surface area contributed by atoms with E-state index in [0.29, 0.717) is 12.7 Å². The molecule has 0 spiro atoms. The summed E-state index contributed by atoms with van der Waals surface area (Å²) in [4.78, 5) is 6.70. The Morgan fingerprint density at radius 1 is 1.39 bits per heavy atom. The van der Waals surface area contributed by atoms with Crippen LogP contribution in [0.2, 0.25) is 0 Å². The topological polar surface area (TPSA) is 50.5 Å². The van der Waals surface area contributed by atoms with Crippen molar-refractivity contribution in [2.75, 3.05) is 32.8 Å². The predicted molar refractivity (Wildman–Crippen MR) is 69.7 cm³/mol. The number of ether oxygens (including phenoxy) is 1. The van der Waals surface area contributed by atoms with Gasteiger partial charge in [-0.1, -0.05) is 13.3 Å². The Morgan fingerprint density at radius 2 is 2.22 bits per heavy atom. The predicted octanol–water partition coefficient (Wildman–Crippen LogP) is 1.65. The van der Waals surface area contributed by atoms with Gasteiger partial charge in [0.15, 0.2) is 0 Å². The van der Waals surface area contributed by atoms with Crippen molar-refractivity contribution < 1.29 is 9.15 Å². The minimum atomic E-state index is 0.389. The first-order valence-electron chi connectivity index (χ1n) is 6.88. The van der Waals surface area contributed by atoms with Gasteiger partial charge in [0.2, 0.25) is 0 Å². The van der Waals surface area contributed by atoms with E-state index in [0.717, 1.165) is 25.3 Å². The van der Waals surface area contributed by atoms with Crippen LogP contribution in [0, 0.1) is 0 Å². The van der Waals surface area contributed by atoms with Crippen molar-refractivity contribution in [3.8, 4) is 6.08 Å². The van der Waals surface area contributed by atoms with E-state index in [-0.39, 0.29) is 0 Å². The molecule has 18 heavy (non-hydrogen) atoms. The van der Waals surface area contributed by atoms with Crippen LogP contribution in [0.15, 0.2) is 10.7 Å². The van der Waals surface area contributed by atoms with Gasteiger partial charge in [0.25, 0.3) is 0 Å². The first kappa shape index (κ1) is 13.4. The zero-order valence-corrected chi connectivity index (χ0v) is 11.2. The summed E-state index contributed by atoms with van der Waals surface area (Å²) in [5.74, 6) is 0. The Labute approximate surface area is 109 Å². The highest BCUT2D eigenvalue weighted by atomic mass is 16.6. The Morgan fingerprint density at radius 3 is 3.00 bits per heavy atom. The molecule has 1 aromatic heterocycles. The van der Waals surface area contributed by atoms with Gasteiger partial charge in [-0.3, -0.25) is 4.90 Å². The van der Waals surface area contributed by atoms with Gasteiger partial charge in [0, 0.05) is 13.1 Å². The number of nitrogens with one attached hydrogen (secondary N) is 1. The van der Waals surface area contributed by atoms with Crippen LogP contribution < -0.4 is 10.1 Å². The van der Waals surface area contributed by atoms with Gasteiger partial charge in [-0.05, 0) is 32.5 Å². The minimum Gasteiger partial charge on any atom is -0.449 e. The molecular formula is C13H23N3O2. The van der Waals surface area contributed by atoms with Crippen LogP contribution >= 0.6 is 0 Å². The first-order chi connectivity index (χ1) is 8.88. The Balaban J connectivity index is 1.64. The molecule has 1 fully saturated rings. The lowest BCUT2D eigenvalue weighted by Gasteiger charge is -2.25. The third-order valence-corrected chi connectivity index (χ3v) is 3.17. The average Bonchev–Trinajstić information content (AvgIpc) is 2.85. The summed E-state index contributed by atoms with van der Waals surface area (Å²) in [5.41, 5.74) is 0.893. The summed E-state index contributed by atoms with van der Waals surface area (Å²) < 4.78 is 10.8. The maximum absolute atomic E-state index is 5.52. The van der Waals surface area contributed by atoms with Crippen molar-refractivity contribution in [3.63, 3.8) is 0 Å². The molecule has 5 heteroatoms. The van der Waals surface area contributed by atoms with Crippen molar-refractivity contribution in [2.45, 2.75) is 32.7 Å². The summed E-state index contributed by atoms with van der Waals surface area (Å²) in [6, 6.07) is 0. The van der Waals surface area contributed by atoms with Crippen molar-refractivity contribution in [1.82, 2.24) is 15.2 Å². The molecule has 1 aromatic rings. The molecule has 0 saturated carbocycles. The summed E-state index contributed by atoms with van der Waals surface area (Å²) in [6.07, 6.45) is 6.03. The monoisotopic (exact) mass is 253 g/mol. The second-order valence-corrected chi connectivity index (χ2v) is 4.64. The quantitative estimate of drug-likeness (QED) is 0.800. The maximum Gasteiger partial charge on any atom is 0.393 e. The summed E-state index contributed by atoms with van der Waals surface area (Å²) >= 11 is 0. The zero-order chi connectivity index (χ0) is 12.6. The zero-order valence-electron chi connectivity index (χ0n) is 11.2. The van der Waals surface area contributed by atoms with Gasteiger partial charge in [-0.25, -0.2) is 0 Å². The molecule has 5 nitrogen and oxygen atoms in total. The van der Waals surface area contributed by atoms with Crippen LogP contribution in [0.3, 0.4) is 0 Å². The third-order valence-electron chi connectivity index (χ3n) is 3.17. The van der Waals surface area contributed by atoms with Gasteiger partial charge in [-0.15, -0.1) is 0 Å². The molecule has 0 atom stereocenters. The summed E-state index contributed by atoms with van der Waals surface area (Å²) in [6.45, 7) is 7.73. The van der Waals surface area contributed by atoms with E-state index < -0.39 is 0 Å². The molecule has 0 unspecified atom stereocenters. The van der Waals surface area contributed by atoms with E-state index in [1.54, 1.807) is 6.26 Å². The Bertz CT molecular complexity index is 335. The number of hydrogen-bond donors (Lipinski definition) is 1. The van der Waals surface area contributed by atoms with Crippen molar-refractivity contribution in [1.29, 1.82) is 0 Å². The van der Waals surface area contributed by atoms with Gasteiger partial charge < -0.3 is 14.5 Å². The van der Waals surface area contributed by atoms with E-state index >= 15 is 0 Å². The molecule has 0 bridgehead atoms. The Kier molecular flexibility index (Phi) is 5.48. The van der Waals surface area contributed by atoms with Crippen LogP contribution in [0.5, 0.6) is 6.08 Å². The van der Waals surface area contributed by atoms with Crippen molar-refractivity contribution >= 4 is 0 Å². The molecule has 1 aliphatic heterocycles. The van der Waals surface area contributed by atoms with Gasteiger partial charge in [0.1, 0.15) is 12.9 Å². The molecule has 0 radical (unpaired) electrons. The first-order valence-corrected chi connectivity index (χ1v) is 6.88. The smallest absolute Gasteiger partial charge is 0.393 e. The summed E-state index contributed by atoms with van der Waals surface area (Å²) in [7, 11) is 0. The van der Waals surface area contributed by atoms with Crippen LogP contribution in [0.25, 0.3) is 0 Å². The van der Waals surface area contributed by atoms with E-state index in [4.69, 9.17) is 9.15 Å². The van der Waals surface area contributed by atoms with Crippen LogP contribution in [0.4, 0.5) is 0 Å². The van der Waals surface area contributed by atoms with Crippen LogP contribution in [0.1, 0.15) is 31.9 Å². The molecule has 102 valence electrons. The molecule has 1 saturated heterocycles. The highest BCUT2D eigenvalue weighted by molar-refractivity contribution is 4.99. The second kappa shape index (κ2) is 7.38. The minimum absolute atomic E-state index is 0.389. The van der Waals surface area contributed by atoms with E-state index in [1.165, 1.54) is 32.4 Å². The number of nitrogens with zero attached hydrogens (tertiary/aromatic N) is 2. The lowest BCUT2D eigenvalue weighted by molar-refractivity contribution is 0.159. The molecular weight excluding hydrogens is 230 g/mol. The van der Waals surface area contributed by atoms with Crippen LogP contribution in [-0.2, 0) is 6.54 Å². The van der Waals surface area contributed by atoms with Gasteiger partial charge in [0.05, 0.1) is 5.69 Å².